The highest BCUT2D eigenvalue weighted by atomic mass is 16.5. The molecule has 0 radical (unpaired) electrons. The number of aromatic nitrogens is 3. The van der Waals surface area contributed by atoms with E-state index >= 15 is 0 Å². The summed E-state index contributed by atoms with van der Waals surface area (Å²) in [6.45, 7) is 2.31. The van der Waals surface area contributed by atoms with Crippen molar-refractivity contribution in [2.75, 3.05) is 25.2 Å². The van der Waals surface area contributed by atoms with Gasteiger partial charge >= 0.3 is 12.1 Å². The molecule has 1 unspecified atom stereocenters. The molecule has 0 bridgehead atoms. The van der Waals surface area contributed by atoms with Crippen LogP contribution in [-0.4, -0.2) is 52.8 Å². The Bertz CT molecular complexity index is 1510. The molecule has 0 saturated carbocycles. The van der Waals surface area contributed by atoms with E-state index in [1.165, 1.54) is 12.0 Å². The zero-order chi connectivity index (χ0) is 29.4. The van der Waals surface area contributed by atoms with Crippen molar-refractivity contribution in [1.82, 2.24) is 19.9 Å². The van der Waals surface area contributed by atoms with Crippen molar-refractivity contribution in [2.45, 2.75) is 26.1 Å². The molecule has 2 amide bonds. The van der Waals surface area contributed by atoms with E-state index in [0.29, 0.717) is 34.0 Å². The van der Waals surface area contributed by atoms with Crippen molar-refractivity contribution in [3.05, 3.63) is 83.8 Å². The first-order chi connectivity index (χ1) is 19.8. The third-order valence-electron chi connectivity index (χ3n) is 6.30. The molecule has 0 aliphatic heterocycles. The Morgan fingerprint density at radius 2 is 1.88 bits per heavy atom. The van der Waals surface area contributed by atoms with E-state index in [4.69, 9.17) is 15.2 Å². The number of nitrogens with one attached hydrogen (secondary N) is 1. The highest BCUT2D eigenvalue weighted by Crippen LogP contribution is 2.22. The lowest BCUT2D eigenvalue weighted by Gasteiger charge is -2.21. The van der Waals surface area contributed by atoms with E-state index < -0.39 is 12.3 Å². The topological polar surface area (TPSA) is 151 Å². The largest absolute Gasteiger partial charge is 0.486 e. The smallest absolute Gasteiger partial charge is 0.408 e. The summed E-state index contributed by atoms with van der Waals surface area (Å²) < 4.78 is 17.4. The summed E-state index contributed by atoms with van der Waals surface area (Å²) in [6.07, 6.45) is 0.297. The molecule has 0 aliphatic rings. The van der Waals surface area contributed by atoms with Crippen LogP contribution in [0.3, 0.4) is 0 Å². The SMILES string of the molecule is CCOC(=O)CCN(C(=O)c1ccc2c(c1)nc(COc1ccc(C(N)NC(=O)OC)cc1)n2C)c1ccccn1. The number of carbonyl (C=O) groups excluding carboxylic acids is 3. The summed E-state index contributed by atoms with van der Waals surface area (Å²) in [5.74, 6) is 0.987. The van der Waals surface area contributed by atoms with Gasteiger partial charge in [0.15, 0.2) is 0 Å². The number of esters is 1. The van der Waals surface area contributed by atoms with E-state index in [9.17, 15) is 14.4 Å². The van der Waals surface area contributed by atoms with Gasteiger partial charge in [-0.3, -0.25) is 14.5 Å². The third kappa shape index (κ3) is 7.17. The number of nitrogens with two attached hydrogens (primary N) is 1. The number of aryl methyl sites for hydroxylation is 1. The fraction of sp³-hybridized carbons (Fsp3) is 0.276. The van der Waals surface area contributed by atoms with Crippen molar-refractivity contribution < 1.29 is 28.6 Å². The summed E-state index contributed by atoms with van der Waals surface area (Å²) in [5.41, 5.74) is 8.50. The highest BCUT2D eigenvalue weighted by molar-refractivity contribution is 6.07. The van der Waals surface area contributed by atoms with E-state index in [-0.39, 0.29) is 38.1 Å². The maximum absolute atomic E-state index is 13.5. The number of hydrogen-bond acceptors (Lipinski definition) is 9. The second kappa shape index (κ2) is 13.4. The molecule has 4 aromatic rings. The first kappa shape index (κ1) is 29.0. The van der Waals surface area contributed by atoms with E-state index in [2.05, 4.69) is 20.0 Å². The van der Waals surface area contributed by atoms with Gasteiger partial charge in [-0.25, -0.2) is 14.8 Å². The number of imidazole rings is 1. The molecule has 214 valence electrons. The van der Waals surface area contributed by atoms with Crippen molar-refractivity contribution in [1.29, 1.82) is 0 Å². The molecule has 0 fully saturated rings. The second-order valence-electron chi connectivity index (χ2n) is 8.96. The summed E-state index contributed by atoms with van der Waals surface area (Å²) in [4.78, 5) is 47.3. The van der Waals surface area contributed by atoms with Gasteiger partial charge in [0.25, 0.3) is 5.91 Å². The van der Waals surface area contributed by atoms with Gasteiger partial charge < -0.3 is 29.8 Å². The first-order valence-electron chi connectivity index (χ1n) is 13.0. The average molecular weight is 561 g/mol. The first-order valence-corrected chi connectivity index (χ1v) is 13.0. The fourth-order valence-corrected chi connectivity index (χ4v) is 4.13. The minimum Gasteiger partial charge on any atom is -0.486 e. The Morgan fingerprint density at radius 1 is 1.10 bits per heavy atom. The molecule has 0 saturated heterocycles. The number of alkyl carbamates (subject to hydrolysis) is 1. The van der Waals surface area contributed by atoms with Crippen LogP contribution in [-0.2, 0) is 27.9 Å². The van der Waals surface area contributed by atoms with E-state index in [0.717, 1.165) is 5.52 Å². The standard InChI is InChI=1S/C29H32N6O6/c1-4-40-26(36)14-16-35(24-7-5-6-15-31-24)28(37)20-10-13-23-22(17-20)32-25(34(23)2)18-41-21-11-8-19(9-12-21)27(30)33-29(38)39-3/h5-13,15,17,27H,4,14,16,18,30H2,1-3H3,(H,33,38). The molecule has 2 aromatic carbocycles. The number of benzene rings is 2. The Morgan fingerprint density at radius 3 is 2.56 bits per heavy atom. The molecular formula is C29H32N6O6. The monoisotopic (exact) mass is 560 g/mol. The number of fused-ring (bicyclic) bond motifs is 1. The lowest BCUT2D eigenvalue weighted by molar-refractivity contribution is -0.142. The van der Waals surface area contributed by atoms with Gasteiger partial charge in [-0.05, 0) is 55.0 Å². The molecular weight excluding hydrogens is 528 g/mol. The number of hydrogen-bond donors (Lipinski definition) is 2. The maximum Gasteiger partial charge on any atom is 0.408 e. The van der Waals surface area contributed by atoms with Crippen LogP contribution in [0.25, 0.3) is 11.0 Å². The van der Waals surface area contributed by atoms with Gasteiger partial charge in [-0.2, -0.15) is 0 Å². The zero-order valence-electron chi connectivity index (χ0n) is 23.1. The van der Waals surface area contributed by atoms with Crippen LogP contribution in [0.5, 0.6) is 5.75 Å². The highest BCUT2D eigenvalue weighted by Gasteiger charge is 2.21. The van der Waals surface area contributed by atoms with Gasteiger partial charge in [0.1, 0.15) is 30.2 Å². The van der Waals surface area contributed by atoms with E-state index in [1.54, 1.807) is 67.7 Å². The second-order valence-corrected chi connectivity index (χ2v) is 8.96. The Balaban J connectivity index is 1.48. The molecule has 1 atom stereocenters. The molecule has 4 rings (SSSR count). The lowest BCUT2D eigenvalue weighted by atomic mass is 10.1. The van der Waals surface area contributed by atoms with Crippen molar-refractivity contribution >= 4 is 34.8 Å². The van der Waals surface area contributed by atoms with Crippen molar-refractivity contribution in [3.63, 3.8) is 0 Å². The van der Waals surface area contributed by atoms with Crippen LogP contribution in [0.15, 0.2) is 66.9 Å². The Kier molecular flexibility index (Phi) is 9.48. The predicted octanol–water partition coefficient (Wildman–Crippen LogP) is 3.46. The zero-order valence-corrected chi connectivity index (χ0v) is 23.1. The van der Waals surface area contributed by atoms with Crippen LogP contribution in [0.4, 0.5) is 10.6 Å². The van der Waals surface area contributed by atoms with Crippen LogP contribution in [0, 0.1) is 0 Å². The summed E-state index contributed by atoms with van der Waals surface area (Å²) in [7, 11) is 3.14. The molecule has 12 nitrogen and oxygen atoms in total. The Labute approximate surface area is 237 Å². The van der Waals surface area contributed by atoms with Gasteiger partial charge in [0, 0.05) is 25.4 Å². The molecule has 12 heteroatoms. The molecule has 0 aliphatic carbocycles. The number of ether oxygens (including phenoxy) is 3. The summed E-state index contributed by atoms with van der Waals surface area (Å²) >= 11 is 0. The number of amides is 2. The number of methoxy groups -OCH3 is 1. The molecule has 0 spiro atoms. The predicted molar refractivity (Wildman–Crippen MR) is 151 cm³/mol. The number of anilines is 1. The number of carbonyl (C=O) groups is 3. The maximum atomic E-state index is 13.5. The van der Waals surface area contributed by atoms with Gasteiger partial charge in [0.05, 0.1) is 31.2 Å². The van der Waals surface area contributed by atoms with Crippen LogP contribution >= 0.6 is 0 Å². The lowest BCUT2D eigenvalue weighted by Crippen LogP contribution is -2.34. The minimum atomic E-state index is -0.716. The van der Waals surface area contributed by atoms with Crippen LogP contribution < -0.4 is 20.7 Å². The average Bonchev–Trinajstić information content (AvgIpc) is 3.31. The number of pyridine rings is 1. The molecule has 2 aromatic heterocycles. The molecule has 41 heavy (non-hydrogen) atoms. The number of rotatable bonds is 11. The van der Waals surface area contributed by atoms with Gasteiger partial charge in [-0.15, -0.1) is 0 Å². The van der Waals surface area contributed by atoms with Gasteiger partial charge in [0.2, 0.25) is 0 Å². The Hall–Kier alpha value is -4.97. The van der Waals surface area contributed by atoms with Crippen LogP contribution in [0.1, 0.15) is 41.3 Å². The van der Waals surface area contributed by atoms with Crippen molar-refractivity contribution in [3.8, 4) is 5.75 Å². The quantitative estimate of drug-likeness (QED) is 0.208. The van der Waals surface area contributed by atoms with Crippen LogP contribution in [0.2, 0.25) is 0 Å². The fourth-order valence-electron chi connectivity index (χ4n) is 4.13. The molecule has 2 heterocycles. The van der Waals surface area contributed by atoms with E-state index in [1.807, 2.05) is 17.7 Å². The molecule has 3 N–H and O–H groups in total. The number of nitrogens with zero attached hydrogens (tertiary/aromatic N) is 4. The summed E-state index contributed by atoms with van der Waals surface area (Å²) in [6, 6.07) is 17.5. The van der Waals surface area contributed by atoms with Crippen molar-refractivity contribution in [2.24, 2.45) is 12.8 Å². The third-order valence-corrected chi connectivity index (χ3v) is 6.30. The normalized spacial score (nSPS) is 11.5. The van der Waals surface area contributed by atoms with Gasteiger partial charge in [-0.1, -0.05) is 18.2 Å². The minimum absolute atomic E-state index is 0.0399. The summed E-state index contributed by atoms with van der Waals surface area (Å²) in [5, 5.41) is 2.50.